The molecule has 0 bridgehead atoms. The monoisotopic (exact) mass is 242 g/mol. The molecule has 0 atom stereocenters. The number of aryl methyl sites for hydroxylation is 1. The van der Waals surface area contributed by atoms with Crippen molar-refractivity contribution < 1.29 is 4.92 Å². The first kappa shape index (κ1) is 9.72. The van der Waals surface area contributed by atoms with Gasteiger partial charge in [0.15, 0.2) is 0 Å². The third-order valence-electron chi connectivity index (χ3n) is 1.47. The Morgan fingerprint density at radius 3 is 2.85 bits per heavy atom. The van der Waals surface area contributed by atoms with E-state index < -0.39 is 19.9 Å². The van der Waals surface area contributed by atoms with E-state index in [1.54, 1.807) is 19.1 Å². The van der Waals surface area contributed by atoms with Crippen LogP contribution in [0.15, 0.2) is 18.2 Å². The van der Waals surface area contributed by atoms with Crippen LogP contribution in [0.5, 0.6) is 0 Å². The van der Waals surface area contributed by atoms with Gasteiger partial charge in [-0.15, -0.1) is 0 Å². The second-order valence-corrected chi connectivity index (χ2v) is 4.16. The van der Waals surface area contributed by atoms with Gasteiger partial charge in [-0.2, -0.15) is 0 Å². The predicted molar refractivity (Wildman–Crippen MR) is 48.8 cm³/mol. The van der Waals surface area contributed by atoms with Crippen molar-refractivity contribution >= 4 is 25.1 Å². The normalized spacial score (nSPS) is 9.23. The molecular formula is C8H6N2O2Se. The van der Waals surface area contributed by atoms with Crippen LogP contribution in [0.4, 0.5) is 5.69 Å². The molecule has 0 unspecified atom stereocenters. The zero-order chi connectivity index (χ0) is 9.84. The number of rotatable bonds is 2. The SMILES string of the molecule is Cc1ccc([Se]C#N)c([N+](=O)[O-])c1. The average molecular weight is 241 g/mol. The molecule has 0 heterocycles. The van der Waals surface area contributed by atoms with E-state index in [-0.39, 0.29) is 5.69 Å². The van der Waals surface area contributed by atoms with Crippen LogP contribution in [0.25, 0.3) is 0 Å². The van der Waals surface area contributed by atoms with Crippen molar-refractivity contribution in [3.8, 4) is 4.97 Å². The fourth-order valence-electron chi connectivity index (χ4n) is 0.906. The van der Waals surface area contributed by atoms with E-state index in [4.69, 9.17) is 5.26 Å². The molecule has 0 radical (unpaired) electrons. The first-order valence-electron chi connectivity index (χ1n) is 3.46. The Balaban J connectivity index is 3.20. The van der Waals surface area contributed by atoms with Crippen LogP contribution < -0.4 is 4.46 Å². The first-order valence-corrected chi connectivity index (χ1v) is 5.17. The van der Waals surface area contributed by atoms with Crippen LogP contribution in [0, 0.1) is 27.3 Å². The van der Waals surface area contributed by atoms with Crippen LogP contribution in [-0.4, -0.2) is 19.9 Å². The van der Waals surface area contributed by atoms with Crippen molar-refractivity contribution in [1.82, 2.24) is 0 Å². The molecule has 0 amide bonds. The molecule has 0 N–H and O–H groups in total. The van der Waals surface area contributed by atoms with Gasteiger partial charge in [0.25, 0.3) is 0 Å². The van der Waals surface area contributed by atoms with Gasteiger partial charge in [-0.25, -0.2) is 0 Å². The van der Waals surface area contributed by atoms with Gasteiger partial charge in [0, 0.05) is 0 Å². The summed E-state index contributed by atoms with van der Waals surface area (Å²) in [6.07, 6.45) is 0. The van der Waals surface area contributed by atoms with Crippen molar-refractivity contribution in [1.29, 1.82) is 5.26 Å². The molecule has 0 saturated heterocycles. The Kier molecular flexibility index (Phi) is 3.02. The molecule has 66 valence electrons. The third-order valence-corrected chi connectivity index (χ3v) is 2.84. The Labute approximate surface area is 81.5 Å². The van der Waals surface area contributed by atoms with Crippen molar-refractivity contribution in [2.24, 2.45) is 0 Å². The summed E-state index contributed by atoms with van der Waals surface area (Å²) in [6.45, 7) is 1.79. The van der Waals surface area contributed by atoms with E-state index in [2.05, 4.69) is 0 Å². The van der Waals surface area contributed by atoms with Crippen molar-refractivity contribution in [3.63, 3.8) is 0 Å². The zero-order valence-electron chi connectivity index (χ0n) is 6.85. The van der Waals surface area contributed by atoms with Crippen LogP contribution in [0.3, 0.4) is 0 Å². The van der Waals surface area contributed by atoms with Crippen LogP contribution in [-0.2, 0) is 0 Å². The third kappa shape index (κ3) is 2.28. The van der Waals surface area contributed by atoms with Gasteiger partial charge in [-0.1, -0.05) is 0 Å². The van der Waals surface area contributed by atoms with Crippen LogP contribution in [0.2, 0.25) is 0 Å². The van der Waals surface area contributed by atoms with Crippen molar-refractivity contribution in [2.75, 3.05) is 0 Å². The van der Waals surface area contributed by atoms with E-state index in [1.165, 1.54) is 6.07 Å². The molecule has 0 saturated carbocycles. The molecule has 1 aromatic carbocycles. The van der Waals surface area contributed by atoms with Gasteiger partial charge in [-0.3, -0.25) is 0 Å². The molecule has 1 rings (SSSR count). The molecule has 1 aromatic rings. The van der Waals surface area contributed by atoms with E-state index >= 15 is 0 Å². The maximum atomic E-state index is 10.6. The minimum atomic E-state index is -0.462. The second-order valence-electron chi connectivity index (χ2n) is 2.42. The summed E-state index contributed by atoms with van der Waals surface area (Å²) in [5.74, 6) is 0. The summed E-state index contributed by atoms with van der Waals surface area (Å²) in [5, 5.41) is 19.0. The van der Waals surface area contributed by atoms with Gasteiger partial charge in [0.1, 0.15) is 0 Å². The van der Waals surface area contributed by atoms with Gasteiger partial charge in [0.05, 0.1) is 0 Å². The van der Waals surface area contributed by atoms with Crippen LogP contribution in [0.1, 0.15) is 5.56 Å². The average Bonchev–Trinajstić information content (AvgIpc) is 2.08. The number of nitro groups is 1. The molecule has 0 aromatic heterocycles. The number of benzene rings is 1. The molecular weight excluding hydrogens is 235 g/mol. The number of hydrogen-bond donors (Lipinski definition) is 0. The molecule has 0 aliphatic heterocycles. The second kappa shape index (κ2) is 4.03. The van der Waals surface area contributed by atoms with Gasteiger partial charge >= 0.3 is 81.1 Å². The number of hydrogen-bond acceptors (Lipinski definition) is 3. The zero-order valence-corrected chi connectivity index (χ0v) is 8.56. The summed E-state index contributed by atoms with van der Waals surface area (Å²) in [5.41, 5.74) is 0.894. The standard InChI is InChI=1S/C8H6N2O2Se/c1-6-2-3-8(13-5-9)7(4-6)10(11)12/h2-4H,1H3. The van der Waals surface area contributed by atoms with Gasteiger partial charge in [0.2, 0.25) is 0 Å². The Morgan fingerprint density at radius 2 is 2.31 bits per heavy atom. The van der Waals surface area contributed by atoms with Gasteiger partial charge < -0.3 is 0 Å². The summed E-state index contributed by atoms with van der Waals surface area (Å²) in [6, 6.07) is 4.92. The fraction of sp³-hybridized carbons (Fsp3) is 0.125. The molecule has 0 fully saturated rings. The first-order chi connectivity index (χ1) is 6.15. The quantitative estimate of drug-likeness (QED) is 0.435. The number of nitrogens with zero attached hydrogens (tertiary/aromatic N) is 2. The topological polar surface area (TPSA) is 66.9 Å². The Morgan fingerprint density at radius 1 is 1.62 bits per heavy atom. The van der Waals surface area contributed by atoms with E-state index in [1.807, 2.05) is 4.97 Å². The summed E-state index contributed by atoms with van der Waals surface area (Å²) < 4.78 is 0.533. The van der Waals surface area contributed by atoms with E-state index in [0.29, 0.717) is 4.46 Å². The Bertz CT molecular complexity index is 384. The molecule has 0 spiro atoms. The van der Waals surface area contributed by atoms with Crippen molar-refractivity contribution in [3.05, 3.63) is 33.9 Å². The summed E-state index contributed by atoms with van der Waals surface area (Å²) in [7, 11) is 0. The molecule has 0 aliphatic rings. The van der Waals surface area contributed by atoms with Gasteiger partial charge in [-0.05, 0) is 0 Å². The molecule has 13 heavy (non-hydrogen) atoms. The van der Waals surface area contributed by atoms with Crippen molar-refractivity contribution in [2.45, 2.75) is 6.92 Å². The molecule has 4 nitrogen and oxygen atoms in total. The number of nitro benzene ring substituents is 1. The maximum absolute atomic E-state index is 10.6. The minimum absolute atomic E-state index is 0.0570. The summed E-state index contributed by atoms with van der Waals surface area (Å²) in [4.78, 5) is 12.1. The van der Waals surface area contributed by atoms with E-state index in [0.717, 1.165) is 5.56 Å². The fourth-order valence-corrected chi connectivity index (χ4v) is 1.90. The van der Waals surface area contributed by atoms with Crippen LogP contribution >= 0.6 is 0 Å². The summed E-state index contributed by atoms with van der Waals surface area (Å²) >= 11 is -0.462. The Hall–Kier alpha value is -1.37. The number of nitriles is 1. The molecule has 0 aliphatic carbocycles. The predicted octanol–water partition coefficient (Wildman–Crippen LogP) is 0.714. The molecule has 5 heteroatoms. The van der Waals surface area contributed by atoms with E-state index in [9.17, 15) is 10.1 Å².